The molecule has 1 aliphatic carbocycles. The summed E-state index contributed by atoms with van der Waals surface area (Å²) in [6.45, 7) is 0.472. The first-order chi connectivity index (χ1) is 10.9. The van der Waals surface area contributed by atoms with E-state index in [1.54, 1.807) is 17.1 Å². The average Bonchev–Trinajstić information content (AvgIpc) is 3.13. The Morgan fingerprint density at radius 3 is 2.73 bits per heavy atom. The summed E-state index contributed by atoms with van der Waals surface area (Å²) in [7, 11) is 0. The van der Waals surface area contributed by atoms with Crippen molar-refractivity contribution in [2.45, 2.75) is 25.4 Å². The second kappa shape index (κ2) is 5.38. The maximum atomic E-state index is 9.31. The summed E-state index contributed by atoms with van der Waals surface area (Å²) in [5.41, 5.74) is 1.99. The Hall–Kier alpha value is -2.47. The largest absolute Gasteiger partial charge is 0.394 e. The Morgan fingerprint density at radius 2 is 2.00 bits per heavy atom. The Kier molecular flexibility index (Phi) is 3.23. The van der Waals surface area contributed by atoms with Gasteiger partial charge in [-0.3, -0.25) is 4.98 Å². The molecule has 3 aromatic heterocycles. The Balaban J connectivity index is 1.80. The van der Waals surface area contributed by atoms with Gasteiger partial charge in [-0.25, -0.2) is 9.67 Å². The van der Waals surface area contributed by atoms with Crippen molar-refractivity contribution in [1.29, 1.82) is 0 Å². The number of hydrogen-bond acceptors (Lipinski definition) is 4. The minimum Gasteiger partial charge on any atom is -0.394 e. The van der Waals surface area contributed by atoms with Gasteiger partial charge in [0, 0.05) is 30.2 Å². The van der Waals surface area contributed by atoms with Crippen LogP contribution in [0.25, 0.3) is 22.9 Å². The van der Waals surface area contributed by atoms with E-state index < -0.39 is 0 Å². The van der Waals surface area contributed by atoms with Crippen molar-refractivity contribution < 1.29 is 5.11 Å². The van der Waals surface area contributed by atoms with Crippen LogP contribution in [0.3, 0.4) is 0 Å². The van der Waals surface area contributed by atoms with E-state index in [2.05, 4.69) is 26.9 Å². The van der Waals surface area contributed by atoms with Gasteiger partial charge in [0.2, 0.25) is 0 Å². The van der Waals surface area contributed by atoms with Crippen molar-refractivity contribution in [3.63, 3.8) is 0 Å². The molecule has 1 aliphatic rings. The van der Waals surface area contributed by atoms with E-state index in [1.807, 2.05) is 18.2 Å². The molecule has 6 nitrogen and oxygen atoms in total. The summed E-state index contributed by atoms with van der Waals surface area (Å²) in [6, 6.07) is 8.46. The lowest BCUT2D eigenvalue weighted by Gasteiger charge is -2.08. The van der Waals surface area contributed by atoms with Crippen LogP contribution in [0.5, 0.6) is 0 Å². The van der Waals surface area contributed by atoms with Gasteiger partial charge < -0.3 is 9.67 Å². The van der Waals surface area contributed by atoms with Crippen LogP contribution in [-0.2, 0) is 6.54 Å². The van der Waals surface area contributed by atoms with E-state index in [0.29, 0.717) is 18.4 Å². The van der Waals surface area contributed by atoms with Crippen molar-refractivity contribution >= 4 is 0 Å². The van der Waals surface area contributed by atoms with E-state index >= 15 is 0 Å². The van der Waals surface area contributed by atoms with Gasteiger partial charge in [0.05, 0.1) is 18.8 Å². The first kappa shape index (κ1) is 13.2. The fraction of sp³-hybridized carbons (Fsp3) is 0.312. The third-order valence-corrected chi connectivity index (χ3v) is 3.87. The highest BCUT2D eigenvalue weighted by atomic mass is 16.3. The molecule has 1 fully saturated rings. The molecule has 0 saturated heterocycles. The smallest absolute Gasteiger partial charge is 0.181 e. The Labute approximate surface area is 128 Å². The minimum atomic E-state index is 0.0380. The molecule has 3 heterocycles. The number of hydrogen-bond donors (Lipinski definition) is 1. The van der Waals surface area contributed by atoms with Crippen LogP contribution in [-0.4, -0.2) is 36.0 Å². The van der Waals surface area contributed by atoms with Crippen molar-refractivity contribution in [2.24, 2.45) is 0 Å². The molecule has 0 unspecified atom stereocenters. The zero-order chi connectivity index (χ0) is 14.9. The summed E-state index contributed by atoms with van der Waals surface area (Å²) >= 11 is 0. The lowest BCUT2D eigenvalue weighted by molar-refractivity contribution is 0.270. The van der Waals surface area contributed by atoms with E-state index in [-0.39, 0.29) is 6.61 Å². The predicted octanol–water partition coefficient (Wildman–Crippen LogP) is 2.14. The number of aromatic nitrogens is 5. The molecule has 1 saturated carbocycles. The summed E-state index contributed by atoms with van der Waals surface area (Å²) in [4.78, 5) is 8.73. The lowest BCUT2D eigenvalue weighted by Crippen LogP contribution is -2.08. The molecule has 1 N–H and O–H groups in total. The number of nitrogens with zero attached hydrogens (tertiary/aromatic N) is 5. The maximum Gasteiger partial charge on any atom is 0.181 e. The molecule has 0 bridgehead atoms. The number of aliphatic hydroxyl groups excluding tert-OH is 1. The molecular formula is C16H17N5O. The van der Waals surface area contributed by atoms with Gasteiger partial charge >= 0.3 is 0 Å². The minimum absolute atomic E-state index is 0.0380. The second-order valence-corrected chi connectivity index (χ2v) is 5.47. The molecule has 4 rings (SSSR count). The van der Waals surface area contributed by atoms with Gasteiger partial charge in [0.15, 0.2) is 11.6 Å². The first-order valence-corrected chi connectivity index (χ1v) is 7.50. The van der Waals surface area contributed by atoms with Crippen molar-refractivity contribution in [3.05, 3.63) is 42.9 Å². The second-order valence-electron chi connectivity index (χ2n) is 5.47. The van der Waals surface area contributed by atoms with Gasteiger partial charge in [-0.1, -0.05) is 0 Å². The highest BCUT2D eigenvalue weighted by Gasteiger charge is 2.27. The monoisotopic (exact) mass is 295 g/mol. The zero-order valence-corrected chi connectivity index (χ0v) is 12.1. The van der Waals surface area contributed by atoms with Crippen molar-refractivity contribution in [3.8, 4) is 22.9 Å². The van der Waals surface area contributed by atoms with Crippen LogP contribution in [0, 0.1) is 0 Å². The van der Waals surface area contributed by atoms with E-state index in [4.69, 9.17) is 4.98 Å². The molecular weight excluding hydrogens is 278 g/mol. The van der Waals surface area contributed by atoms with E-state index in [1.165, 1.54) is 12.8 Å². The van der Waals surface area contributed by atoms with Gasteiger partial charge in [-0.05, 0) is 37.1 Å². The molecule has 0 aromatic carbocycles. The number of pyridine rings is 1. The summed E-state index contributed by atoms with van der Waals surface area (Å²) in [5.74, 6) is 1.46. The topological polar surface area (TPSA) is 68.8 Å². The Morgan fingerprint density at radius 1 is 1.18 bits per heavy atom. The van der Waals surface area contributed by atoms with E-state index in [0.717, 1.165) is 17.1 Å². The summed E-state index contributed by atoms with van der Waals surface area (Å²) in [6.07, 6.45) is 7.99. The van der Waals surface area contributed by atoms with Crippen LogP contribution in [0.1, 0.15) is 18.9 Å². The van der Waals surface area contributed by atoms with Crippen LogP contribution in [0.2, 0.25) is 0 Å². The highest BCUT2D eigenvalue weighted by molar-refractivity contribution is 5.59. The van der Waals surface area contributed by atoms with E-state index in [9.17, 15) is 5.11 Å². The third kappa shape index (κ3) is 2.31. The van der Waals surface area contributed by atoms with Crippen LogP contribution in [0.4, 0.5) is 0 Å². The zero-order valence-electron chi connectivity index (χ0n) is 12.1. The number of aliphatic hydroxyl groups is 1. The normalized spacial score (nSPS) is 14.4. The average molecular weight is 295 g/mol. The highest BCUT2D eigenvalue weighted by Crippen LogP contribution is 2.38. The molecule has 0 atom stereocenters. The fourth-order valence-corrected chi connectivity index (χ4v) is 2.66. The third-order valence-electron chi connectivity index (χ3n) is 3.87. The van der Waals surface area contributed by atoms with Crippen molar-refractivity contribution in [1.82, 2.24) is 24.3 Å². The molecule has 6 heteroatoms. The summed E-state index contributed by atoms with van der Waals surface area (Å²) in [5, 5.41) is 13.9. The number of rotatable bonds is 5. The molecule has 3 aromatic rings. The summed E-state index contributed by atoms with van der Waals surface area (Å²) < 4.78 is 4.04. The van der Waals surface area contributed by atoms with Gasteiger partial charge in [-0.15, -0.1) is 0 Å². The van der Waals surface area contributed by atoms with Crippen LogP contribution in [0.15, 0.2) is 42.9 Å². The molecule has 0 aliphatic heterocycles. The standard InChI is InChI=1S/C16H17N5O/c22-11-10-21-16(14-2-1-9-20(14)13-3-4-13)18-15(19-21)12-5-7-17-8-6-12/h1-2,5-9,13,22H,3-4,10-11H2. The van der Waals surface area contributed by atoms with Crippen LogP contribution < -0.4 is 0 Å². The van der Waals surface area contributed by atoms with Gasteiger partial charge in [0.1, 0.15) is 0 Å². The Bertz CT molecular complexity index is 773. The van der Waals surface area contributed by atoms with Crippen LogP contribution >= 0.6 is 0 Å². The maximum absolute atomic E-state index is 9.31. The molecule has 112 valence electrons. The SMILES string of the molecule is OCCn1nc(-c2ccncc2)nc1-c1cccn1C1CC1. The quantitative estimate of drug-likeness (QED) is 0.783. The van der Waals surface area contributed by atoms with Gasteiger partial charge in [0.25, 0.3) is 0 Å². The molecule has 22 heavy (non-hydrogen) atoms. The molecule has 0 spiro atoms. The lowest BCUT2D eigenvalue weighted by atomic mass is 10.2. The van der Waals surface area contributed by atoms with Gasteiger partial charge in [-0.2, -0.15) is 5.10 Å². The fourth-order valence-electron chi connectivity index (χ4n) is 2.66. The first-order valence-electron chi connectivity index (χ1n) is 7.50. The van der Waals surface area contributed by atoms with Crippen molar-refractivity contribution in [2.75, 3.05) is 6.61 Å². The molecule has 0 radical (unpaired) electrons. The predicted molar refractivity (Wildman–Crippen MR) is 82.0 cm³/mol. The molecule has 0 amide bonds.